The minimum atomic E-state index is -0.612. The Morgan fingerprint density at radius 2 is 1.73 bits per heavy atom. The number of hydrogen-bond donors (Lipinski definition) is 1. The highest BCUT2D eigenvalue weighted by Crippen LogP contribution is 2.63. The second kappa shape index (κ2) is 6.48. The highest BCUT2D eigenvalue weighted by atomic mass is 16.5. The zero-order chi connectivity index (χ0) is 21.1. The Labute approximate surface area is 178 Å². The molecule has 1 atom stereocenters. The third-order valence-corrected chi connectivity index (χ3v) is 7.70. The summed E-state index contributed by atoms with van der Waals surface area (Å²) in [6, 6.07) is 8.94. The van der Waals surface area contributed by atoms with Gasteiger partial charge in [0.05, 0.1) is 11.3 Å². The number of methoxy groups -OCH3 is 1. The van der Waals surface area contributed by atoms with Gasteiger partial charge in [-0.3, -0.25) is 9.98 Å². The first kappa shape index (κ1) is 19.4. The zero-order valence-electron chi connectivity index (χ0n) is 18.3. The van der Waals surface area contributed by atoms with Crippen LogP contribution in [0.5, 0.6) is 0 Å². The Morgan fingerprint density at radius 3 is 2.37 bits per heavy atom. The fourth-order valence-electron chi connectivity index (χ4n) is 5.65. The molecular formula is C25H30N4O. The van der Waals surface area contributed by atoms with E-state index in [4.69, 9.17) is 20.5 Å². The highest BCUT2D eigenvalue weighted by Gasteiger charge is 2.61. The molecule has 0 saturated heterocycles. The molecule has 0 bridgehead atoms. The molecule has 2 spiro atoms. The average Bonchev–Trinajstić information content (AvgIpc) is 3.18. The molecule has 3 aliphatic rings. The monoisotopic (exact) mass is 402 g/mol. The van der Waals surface area contributed by atoms with Gasteiger partial charge in [0.1, 0.15) is 5.84 Å². The van der Waals surface area contributed by atoms with Crippen LogP contribution < -0.4 is 5.73 Å². The largest absolute Gasteiger partial charge is 0.382 e. The maximum Gasteiger partial charge on any atom is 0.184 e. The Kier molecular flexibility index (Phi) is 4.20. The van der Waals surface area contributed by atoms with Gasteiger partial charge in [-0.15, -0.1) is 0 Å². The molecule has 5 nitrogen and oxygen atoms in total. The summed E-state index contributed by atoms with van der Waals surface area (Å²) in [6.45, 7) is 6.28. The summed E-state index contributed by atoms with van der Waals surface area (Å²) in [5.41, 5.74) is 12.4. The van der Waals surface area contributed by atoms with Gasteiger partial charge >= 0.3 is 0 Å². The fourth-order valence-corrected chi connectivity index (χ4v) is 5.65. The number of pyridine rings is 1. The molecule has 1 aromatic carbocycles. The number of aryl methyl sites for hydroxylation is 1. The topological polar surface area (TPSA) is 72.9 Å². The van der Waals surface area contributed by atoms with Gasteiger partial charge in [-0.1, -0.05) is 12.1 Å². The quantitative estimate of drug-likeness (QED) is 0.800. The first-order chi connectivity index (χ1) is 14.3. The van der Waals surface area contributed by atoms with E-state index in [1.54, 1.807) is 0 Å². The Hall–Kier alpha value is -2.53. The highest BCUT2D eigenvalue weighted by molar-refractivity contribution is 6.41. The first-order valence-corrected chi connectivity index (χ1v) is 10.8. The lowest BCUT2D eigenvalue weighted by Crippen LogP contribution is -2.46. The summed E-state index contributed by atoms with van der Waals surface area (Å²) in [5.74, 6) is 0.574. The van der Waals surface area contributed by atoms with Crippen molar-refractivity contribution in [1.82, 2.24) is 4.98 Å². The van der Waals surface area contributed by atoms with Crippen LogP contribution >= 0.6 is 0 Å². The summed E-state index contributed by atoms with van der Waals surface area (Å²) in [6.07, 6.45) is 8.88. The zero-order valence-corrected chi connectivity index (χ0v) is 18.3. The minimum absolute atomic E-state index is 0.0424. The van der Waals surface area contributed by atoms with Crippen molar-refractivity contribution in [1.29, 1.82) is 0 Å². The lowest BCUT2D eigenvalue weighted by Gasteiger charge is -2.47. The normalized spacial score (nSPS) is 32.4. The molecule has 0 amide bonds. The molecule has 0 radical (unpaired) electrons. The number of aromatic nitrogens is 1. The maximum absolute atomic E-state index is 6.31. The smallest absolute Gasteiger partial charge is 0.184 e. The van der Waals surface area contributed by atoms with Gasteiger partial charge in [-0.05, 0) is 81.7 Å². The van der Waals surface area contributed by atoms with Crippen LogP contribution in [0, 0.1) is 12.3 Å². The van der Waals surface area contributed by atoms with Gasteiger partial charge < -0.3 is 10.5 Å². The van der Waals surface area contributed by atoms with Crippen molar-refractivity contribution in [2.45, 2.75) is 64.1 Å². The van der Waals surface area contributed by atoms with E-state index in [1.165, 1.54) is 11.1 Å². The van der Waals surface area contributed by atoms with Crippen LogP contribution in [0.4, 0.5) is 0 Å². The van der Waals surface area contributed by atoms with E-state index in [0.29, 0.717) is 5.84 Å². The van der Waals surface area contributed by atoms with Crippen LogP contribution in [-0.4, -0.2) is 29.2 Å². The van der Waals surface area contributed by atoms with Gasteiger partial charge in [0.25, 0.3) is 0 Å². The average molecular weight is 403 g/mol. The van der Waals surface area contributed by atoms with E-state index in [-0.39, 0.29) is 11.0 Å². The van der Waals surface area contributed by atoms with Gasteiger partial charge in [0.2, 0.25) is 0 Å². The van der Waals surface area contributed by atoms with Crippen molar-refractivity contribution in [3.8, 4) is 11.1 Å². The second-order valence-corrected chi connectivity index (χ2v) is 9.60. The number of nitrogens with zero attached hydrogens (tertiary/aromatic N) is 3. The van der Waals surface area contributed by atoms with Crippen LogP contribution in [0.1, 0.15) is 56.2 Å². The third-order valence-electron chi connectivity index (χ3n) is 7.70. The van der Waals surface area contributed by atoms with Crippen LogP contribution in [0.15, 0.2) is 46.6 Å². The molecule has 1 saturated carbocycles. The van der Waals surface area contributed by atoms with Crippen molar-refractivity contribution in [3.05, 3.63) is 53.3 Å². The van der Waals surface area contributed by atoms with Crippen molar-refractivity contribution >= 4 is 11.5 Å². The molecule has 1 unspecified atom stereocenters. The predicted octanol–water partition coefficient (Wildman–Crippen LogP) is 4.56. The summed E-state index contributed by atoms with van der Waals surface area (Å²) in [5, 5.41) is 0. The number of benzene rings is 1. The summed E-state index contributed by atoms with van der Waals surface area (Å²) >= 11 is 0. The molecule has 1 fully saturated rings. The van der Waals surface area contributed by atoms with Gasteiger partial charge in [0, 0.05) is 36.0 Å². The standard InChI is InChI=1S/C25H30N4O/c1-16-11-20(15-27-14-16)18-5-6-19-13-24(9-7-23(3,30-4)8-10-24)25(21(19)12-18)28-17(2)22(26)29-25/h5-6,11-12,14-15H,7-10,13H2,1-4H3,(H2,26,29)/t23-,24-,25?. The number of ether oxygens (including phenoxy) is 1. The Bertz CT molecular complexity index is 1060. The van der Waals surface area contributed by atoms with Gasteiger partial charge in [0.15, 0.2) is 5.66 Å². The van der Waals surface area contributed by atoms with Crippen LogP contribution in [0.3, 0.4) is 0 Å². The molecule has 2 aliphatic carbocycles. The SMILES string of the molecule is CO[C@]1(C)CC[C@@]2(CC1)Cc1ccc(-c3cncc(C)c3)cc1C21N=C(C)C(N)=N1. The lowest BCUT2D eigenvalue weighted by molar-refractivity contribution is -0.0679. The maximum atomic E-state index is 6.31. The minimum Gasteiger partial charge on any atom is -0.382 e. The van der Waals surface area contributed by atoms with Crippen LogP contribution in [0.25, 0.3) is 11.1 Å². The Morgan fingerprint density at radius 1 is 0.967 bits per heavy atom. The molecule has 2 aromatic rings. The lowest BCUT2D eigenvalue weighted by atomic mass is 9.63. The number of nitrogens with two attached hydrogens (primary N) is 1. The van der Waals surface area contributed by atoms with E-state index >= 15 is 0 Å². The van der Waals surface area contributed by atoms with Crippen molar-refractivity contribution in [3.63, 3.8) is 0 Å². The molecule has 2 N–H and O–H groups in total. The number of aliphatic imine (C=N–C) groups is 2. The first-order valence-electron chi connectivity index (χ1n) is 10.8. The van der Waals surface area contributed by atoms with Gasteiger partial charge in [-0.25, -0.2) is 4.99 Å². The van der Waals surface area contributed by atoms with Crippen molar-refractivity contribution in [2.75, 3.05) is 7.11 Å². The molecule has 5 heteroatoms. The van der Waals surface area contributed by atoms with E-state index in [9.17, 15) is 0 Å². The van der Waals surface area contributed by atoms with Crippen LogP contribution in [-0.2, 0) is 16.8 Å². The molecule has 5 rings (SSSR count). The Balaban J connectivity index is 1.65. The van der Waals surface area contributed by atoms with Crippen molar-refractivity contribution < 1.29 is 4.74 Å². The predicted molar refractivity (Wildman–Crippen MR) is 121 cm³/mol. The summed E-state index contributed by atoms with van der Waals surface area (Å²) < 4.78 is 5.84. The molecule has 156 valence electrons. The molecule has 1 aromatic heterocycles. The van der Waals surface area contributed by atoms with E-state index in [0.717, 1.165) is 54.5 Å². The molecular weight excluding hydrogens is 372 g/mol. The fraction of sp³-hybridized carbons (Fsp3) is 0.480. The number of amidine groups is 1. The summed E-state index contributed by atoms with van der Waals surface area (Å²) in [7, 11) is 1.83. The van der Waals surface area contributed by atoms with Crippen LogP contribution in [0.2, 0.25) is 0 Å². The molecule has 30 heavy (non-hydrogen) atoms. The molecule has 2 heterocycles. The third kappa shape index (κ3) is 2.68. The van der Waals surface area contributed by atoms with E-state index in [1.807, 2.05) is 26.4 Å². The second-order valence-electron chi connectivity index (χ2n) is 9.60. The van der Waals surface area contributed by atoms with Gasteiger partial charge in [-0.2, -0.15) is 0 Å². The van der Waals surface area contributed by atoms with E-state index < -0.39 is 5.66 Å². The number of fused-ring (bicyclic) bond motifs is 3. The molecule has 1 aliphatic heterocycles. The van der Waals surface area contributed by atoms with E-state index in [2.05, 4.69) is 43.1 Å². The van der Waals surface area contributed by atoms with Crippen molar-refractivity contribution in [2.24, 2.45) is 21.1 Å². The number of rotatable bonds is 2. The summed E-state index contributed by atoms with van der Waals surface area (Å²) in [4.78, 5) is 14.6. The number of hydrogen-bond acceptors (Lipinski definition) is 5.